The summed E-state index contributed by atoms with van der Waals surface area (Å²) in [5, 5.41) is 11.5. The van der Waals surface area contributed by atoms with Crippen LogP contribution >= 0.6 is 0 Å². The second-order valence-corrected chi connectivity index (χ2v) is 4.64. The largest absolute Gasteiger partial charge is 0.394 e. The number of nitrogens with zero attached hydrogens (tertiary/aromatic N) is 1. The average molecular weight is 300 g/mol. The van der Waals surface area contributed by atoms with Crippen LogP contribution in [0.1, 0.15) is 26.2 Å². The first-order chi connectivity index (χ1) is 10.1. The van der Waals surface area contributed by atoms with E-state index in [0.717, 1.165) is 12.8 Å². The lowest BCUT2D eigenvalue weighted by molar-refractivity contribution is 0.0922. The molecule has 0 bridgehead atoms. The van der Waals surface area contributed by atoms with Crippen LogP contribution in [0.4, 0.5) is 11.5 Å². The topological polar surface area (TPSA) is 122 Å². The summed E-state index contributed by atoms with van der Waals surface area (Å²) in [4.78, 5) is 25.8. The highest BCUT2D eigenvalue weighted by Gasteiger charge is 2.11. The molecule has 0 fully saturated rings. The molecule has 1 heterocycles. The van der Waals surface area contributed by atoms with E-state index in [1.165, 1.54) is 4.57 Å². The van der Waals surface area contributed by atoms with Crippen LogP contribution < -0.4 is 22.3 Å². The number of nitrogen functional groups attached to an aromatic ring is 1. The van der Waals surface area contributed by atoms with E-state index >= 15 is 0 Å². The van der Waals surface area contributed by atoms with Gasteiger partial charge in [-0.3, -0.25) is 14.3 Å². The standard InChI is InChI=1S/C13H24N4O4/c1-2-3-6-17-11(14)10(12(19)16-13(17)20)15-5-4-8-21-9-7-18/h15,18H,2-9,14H2,1H3,(H,16,19,20). The molecule has 0 spiro atoms. The van der Waals surface area contributed by atoms with E-state index in [1.807, 2.05) is 6.92 Å². The third-order valence-corrected chi connectivity index (χ3v) is 2.98. The minimum Gasteiger partial charge on any atom is -0.394 e. The summed E-state index contributed by atoms with van der Waals surface area (Å²) in [6, 6.07) is 0. The molecular formula is C13H24N4O4. The van der Waals surface area contributed by atoms with Crippen LogP contribution in [0.5, 0.6) is 0 Å². The first kappa shape index (κ1) is 17.3. The first-order valence-corrected chi connectivity index (χ1v) is 7.16. The maximum Gasteiger partial charge on any atom is 0.330 e. The van der Waals surface area contributed by atoms with Crippen molar-refractivity contribution in [1.29, 1.82) is 0 Å². The minimum absolute atomic E-state index is 0.0115. The number of anilines is 2. The zero-order valence-corrected chi connectivity index (χ0v) is 12.4. The van der Waals surface area contributed by atoms with Crippen molar-refractivity contribution in [1.82, 2.24) is 9.55 Å². The van der Waals surface area contributed by atoms with Gasteiger partial charge < -0.3 is 20.9 Å². The normalized spacial score (nSPS) is 10.8. The molecule has 120 valence electrons. The number of nitrogens with one attached hydrogen (secondary N) is 2. The van der Waals surface area contributed by atoms with E-state index in [1.54, 1.807) is 0 Å². The highest BCUT2D eigenvalue weighted by Crippen LogP contribution is 2.10. The molecule has 1 rings (SSSR count). The van der Waals surface area contributed by atoms with Crippen LogP contribution in [0.3, 0.4) is 0 Å². The Morgan fingerprint density at radius 3 is 2.76 bits per heavy atom. The lowest BCUT2D eigenvalue weighted by Crippen LogP contribution is -2.34. The molecule has 21 heavy (non-hydrogen) atoms. The smallest absolute Gasteiger partial charge is 0.330 e. The van der Waals surface area contributed by atoms with Gasteiger partial charge >= 0.3 is 5.69 Å². The van der Waals surface area contributed by atoms with Crippen molar-refractivity contribution in [3.63, 3.8) is 0 Å². The molecule has 0 radical (unpaired) electrons. The maximum absolute atomic E-state index is 11.8. The van der Waals surface area contributed by atoms with Crippen molar-refractivity contribution in [2.45, 2.75) is 32.7 Å². The fraction of sp³-hybridized carbons (Fsp3) is 0.692. The number of H-pyrrole nitrogens is 1. The Bertz CT molecular complexity index is 538. The van der Waals surface area contributed by atoms with Crippen LogP contribution in [0, 0.1) is 0 Å². The molecule has 8 nitrogen and oxygen atoms in total. The van der Waals surface area contributed by atoms with E-state index in [0.29, 0.717) is 32.7 Å². The lowest BCUT2D eigenvalue weighted by Gasteiger charge is -2.13. The van der Waals surface area contributed by atoms with Gasteiger partial charge in [0.25, 0.3) is 5.56 Å². The summed E-state index contributed by atoms with van der Waals surface area (Å²) in [6.45, 7) is 3.74. The number of nitrogens with two attached hydrogens (primary N) is 1. The maximum atomic E-state index is 11.8. The number of aliphatic hydroxyl groups is 1. The zero-order valence-electron chi connectivity index (χ0n) is 12.4. The summed E-state index contributed by atoms with van der Waals surface area (Å²) in [5.74, 6) is 0.161. The Labute approximate surface area is 122 Å². The molecule has 0 amide bonds. The molecule has 0 saturated carbocycles. The number of hydrogen-bond acceptors (Lipinski definition) is 6. The predicted molar refractivity (Wildman–Crippen MR) is 81.7 cm³/mol. The number of rotatable bonds is 10. The van der Waals surface area contributed by atoms with E-state index in [2.05, 4.69) is 10.3 Å². The first-order valence-electron chi connectivity index (χ1n) is 7.16. The highest BCUT2D eigenvalue weighted by molar-refractivity contribution is 5.60. The summed E-state index contributed by atoms with van der Waals surface area (Å²) in [5.41, 5.74) is 5.12. The molecule has 0 atom stereocenters. The van der Waals surface area contributed by atoms with Gasteiger partial charge in [0.1, 0.15) is 11.5 Å². The van der Waals surface area contributed by atoms with E-state index in [9.17, 15) is 9.59 Å². The van der Waals surface area contributed by atoms with Crippen molar-refractivity contribution >= 4 is 11.5 Å². The molecule has 1 aromatic rings. The van der Waals surface area contributed by atoms with Gasteiger partial charge in [0.15, 0.2) is 0 Å². The highest BCUT2D eigenvalue weighted by atomic mass is 16.5. The van der Waals surface area contributed by atoms with Crippen LogP contribution in [-0.2, 0) is 11.3 Å². The summed E-state index contributed by atoms with van der Waals surface area (Å²) >= 11 is 0. The minimum atomic E-state index is -0.512. The van der Waals surface area contributed by atoms with Crippen LogP contribution in [0.25, 0.3) is 0 Å². The van der Waals surface area contributed by atoms with Gasteiger partial charge in [-0.05, 0) is 12.8 Å². The Hall–Kier alpha value is -1.80. The van der Waals surface area contributed by atoms with Gasteiger partial charge in [-0.1, -0.05) is 13.3 Å². The van der Waals surface area contributed by atoms with Gasteiger partial charge in [-0.2, -0.15) is 0 Å². The third-order valence-electron chi connectivity index (χ3n) is 2.98. The fourth-order valence-electron chi connectivity index (χ4n) is 1.85. The zero-order chi connectivity index (χ0) is 15.7. The van der Waals surface area contributed by atoms with Crippen molar-refractivity contribution in [3.05, 3.63) is 20.8 Å². The van der Waals surface area contributed by atoms with Crippen molar-refractivity contribution in [2.24, 2.45) is 0 Å². The molecule has 1 aromatic heterocycles. The molecular weight excluding hydrogens is 276 g/mol. The van der Waals surface area contributed by atoms with Crippen molar-refractivity contribution in [3.8, 4) is 0 Å². The Balaban J connectivity index is 2.68. The Morgan fingerprint density at radius 1 is 1.33 bits per heavy atom. The summed E-state index contributed by atoms with van der Waals surface area (Å²) < 4.78 is 6.49. The van der Waals surface area contributed by atoms with Crippen LogP contribution in [0.15, 0.2) is 9.59 Å². The van der Waals surface area contributed by atoms with E-state index in [4.69, 9.17) is 15.6 Å². The molecule has 0 unspecified atom stereocenters. The summed E-state index contributed by atoms with van der Waals surface area (Å²) in [7, 11) is 0. The number of hydrogen-bond donors (Lipinski definition) is 4. The molecule has 5 N–H and O–H groups in total. The number of unbranched alkanes of at least 4 members (excludes halogenated alkanes) is 1. The molecule has 0 aromatic carbocycles. The lowest BCUT2D eigenvalue weighted by atomic mass is 10.3. The number of aromatic nitrogens is 2. The summed E-state index contributed by atoms with van der Waals surface area (Å²) in [6.07, 6.45) is 2.40. The van der Waals surface area contributed by atoms with Crippen LogP contribution in [0.2, 0.25) is 0 Å². The fourth-order valence-corrected chi connectivity index (χ4v) is 1.85. The quantitative estimate of drug-likeness (QED) is 0.441. The van der Waals surface area contributed by atoms with Crippen LogP contribution in [-0.4, -0.2) is 41.0 Å². The number of aliphatic hydroxyl groups excluding tert-OH is 1. The Kier molecular flexibility index (Phi) is 7.55. The SMILES string of the molecule is CCCCn1c(N)c(NCCCOCCO)c(=O)[nH]c1=O. The third kappa shape index (κ3) is 5.24. The number of ether oxygens (including phenoxy) is 1. The Morgan fingerprint density at radius 2 is 2.10 bits per heavy atom. The van der Waals surface area contributed by atoms with Crippen molar-refractivity contribution in [2.75, 3.05) is 37.4 Å². The van der Waals surface area contributed by atoms with Gasteiger partial charge in [0.05, 0.1) is 13.2 Å². The molecule has 8 heteroatoms. The average Bonchev–Trinajstić information content (AvgIpc) is 2.45. The van der Waals surface area contributed by atoms with E-state index in [-0.39, 0.29) is 18.1 Å². The second kappa shape index (κ2) is 9.19. The van der Waals surface area contributed by atoms with Gasteiger partial charge in [0.2, 0.25) is 0 Å². The molecule has 0 aliphatic rings. The molecule has 0 aliphatic carbocycles. The van der Waals surface area contributed by atoms with Gasteiger partial charge in [0, 0.05) is 19.7 Å². The predicted octanol–water partition coefficient (Wildman–Crippen LogP) is -0.270. The van der Waals surface area contributed by atoms with E-state index < -0.39 is 11.2 Å². The van der Waals surface area contributed by atoms with Crippen molar-refractivity contribution < 1.29 is 9.84 Å². The monoisotopic (exact) mass is 300 g/mol. The molecule has 0 saturated heterocycles. The number of aromatic amines is 1. The molecule has 0 aliphatic heterocycles. The van der Waals surface area contributed by atoms with Gasteiger partial charge in [-0.25, -0.2) is 4.79 Å². The second-order valence-electron chi connectivity index (χ2n) is 4.64. The van der Waals surface area contributed by atoms with Gasteiger partial charge in [-0.15, -0.1) is 0 Å².